The van der Waals surface area contributed by atoms with Gasteiger partial charge in [-0.05, 0) is 24.6 Å². The van der Waals surface area contributed by atoms with Crippen LogP contribution in [0, 0.1) is 0 Å². The standard InChI is InChI=1S/C21H33N3O2/c1-4-22(5-2)12-11-20(25)23-13-15-24(16-14-23)21(26)17-18(3)19-9-7-6-8-10-19/h6-10,18H,4-5,11-17H2,1-3H3. The number of hydrogen-bond acceptors (Lipinski definition) is 3. The maximum atomic E-state index is 12.6. The van der Waals surface area contributed by atoms with Crippen molar-refractivity contribution in [2.45, 2.75) is 39.5 Å². The van der Waals surface area contributed by atoms with Gasteiger partial charge in [-0.3, -0.25) is 9.59 Å². The zero-order valence-corrected chi connectivity index (χ0v) is 16.5. The molecule has 0 saturated carbocycles. The van der Waals surface area contributed by atoms with Crippen LogP contribution < -0.4 is 0 Å². The Balaban J connectivity index is 1.75. The molecule has 5 heteroatoms. The van der Waals surface area contributed by atoms with E-state index >= 15 is 0 Å². The Bertz CT molecular complexity index is 564. The van der Waals surface area contributed by atoms with Gasteiger partial charge in [-0.15, -0.1) is 0 Å². The van der Waals surface area contributed by atoms with Gasteiger partial charge in [-0.2, -0.15) is 0 Å². The van der Waals surface area contributed by atoms with Crippen molar-refractivity contribution in [2.24, 2.45) is 0 Å². The van der Waals surface area contributed by atoms with E-state index in [-0.39, 0.29) is 17.7 Å². The van der Waals surface area contributed by atoms with Crippen LogP contribution in [0.15, 0.2) is 30.3 Å². The lowest BCUT2D eigenvalue weighted by atomic mass is 9.97. The van der Waals surface area contributed by atoms with Crippen molar-refractivity contribution >= 4 is 11.8 Å². The number of carbonyl (C=O) groups excluding carboxylic acids is 2. The quantitative estimate of drug-likeness (QED) is 0.717. The van der Waals surface area contributed by atoms with E-state index in [0.29, 0.717) is 39.0 Å². The van der Waals surface area contributed by atoms with Crippen LogP contribution in [-0.4, -0.2) is 72.3 Å². The van der Waals surface area contributed by atoms with E-state index in [1.807, 2.05) is 28.0 Å². The van der Waals surface area contributed by atoms with Gasteiger partial charge in [0.1, 0.15) is 0 Å². The van der Waals surface area contributed by atoms with Gasteiger partial charge in [0, 0.05) is 45.6 Å². The third-order valence-electron chi connectivity index (χ3n) is 5.37. The van der Waals surface area contributed by atoms with Crippen molar-refractivity contribution in [3.05, 3.63) is 35.9 Å². The first-order chi connectivity index (χ1) is 12.5. The topological polar surface area (TPSA) is 43.9 Å². The number of nitrogens with zero attached hydrogens (tertiary/aromatic N) is 3. The molecule has 1 atom stereocenters. The highest BCUT2D eigenvalue weighted by atomic mass is 16.2. The van der Waals surface area contributed by atoms with Gasteiger partial charge in [0.05, 0.1) is 0 Å². The SMILES string of the molecule is CCN(CC)CCC(=O)N1CCN(C(=O)CC(C)c2ccccc2)CC1. The predicted octanol–water partition coefficient (Wildman–Crippen LogP) is 2.58. The van der Waals surface area contributed by atoms with E-state index in [4.69, 9.17) is 0 Å². The molecular formula is C21H33N3O2. The highest BCUT2D eigenvalue weighted by molar-refractivity contribution is 5.79. The Labute approximate surface area is 158 Å². The zero-order chi connectivity index (χ0) is 18.9. The van der Waals surface area contributed by atoms with E-state index in [1.54, 1.807) is 0 Å². The highest BCUT2D eigenvalue weighted by Crippen LogP contribution is 2.20. The lowest BCUT2D eigenvalue weighted by Gasteiger charge is -2.35. The van der Waals surface area contributed by atoms with Gasteiger partial charge in [-0.1, -0.05) is 51.1 Å². The van der Waals surface area contributed by atoms with Gasteiger partial charge >= 0.3 is 0 Å². The molecule has 1 aliphatic heterocycles. The summed E-state index contributed by atoms with van der Waals surface area (Å²) in [4.78, 5) is 31.0. The average Bonchev–Trinajstić information content (AvgIpc) is 2.69. The summed E-state index contributed by atoms with van der Waals surface area (Å²) in [5.74, 6) is 0.621. The molecule has 2 rings (SSSR count). The van der Waals surface area contributed by atoms with Crippen LogP contribution in [-0.2, 0) is 9.59 Å². The summed E-state index contributed by atoms with van der Waals surface area (Å²) in [6.45, 7) is 11.7. The van der Waals surface area contributed by atoms with Crippen LogP contribution in [0.3, 0.4) is 0 Å². The minimum atomic E-state index is 0.191. The first-order valence-corrected chi connectivity index (χ1v) is 9.88. The third kappa shape index (κ3) is 5.84. The van der Waals surface area contributed by atoms with E-state index in [1.165, 1.54) is 5.56 Å². The Morgan fingerprint density at radius 2 is 1.50 bits per heavy atom. The molecule has 0 spiro atoms. The summed E-state index contributed by atoms with van der Waals surface area (Å²) in [6, 6.07) is 10.2. The third-order valence-corrected chi connectivity index (χ3v) is 5.37. The molecule has 1 aromatic carbocycles. The van der Waals surface area contributed by atoms with E-state index < -0.39 is 0 Å². The molecule has 0 aliphatic carbocycles. The molecular weight excluding hydrogens is 326 g/mol. The molecule has 5 nitrogen and oxygen atoms in total. The van der Waals surface area contributed by atoms with E-state index in [0.717, 1.165) is 19.6 Å². The maximum Gasteiger partial charge on any atom is 0.223 e. The Kier molecular flexibility index (Phi) is 8.10. The highest BCUT2D eigenvalue weighted by Gasteiger charge is 2.25. The molecule has 1 fully saturated rings. The predicted molar refractivity (Wildman–Crippen MR) is 105 cm³/mol. The minimum absolute atomic E-state index is 0.191. The fraction of sp³-hybridized carbons (Fsp3) is 0.619. The molecule has 2 amide bonds. The molecule has 26 heavy (non-hydrogen) atoms. The number of hydrogen-bond donors (Lipinski definition) is 0. The minimum Gasteiger partial charge on any atom is -0.339 e. The van der Waals surface area contributed by atoms with Crippen molar-refractivity contribution in [1.82, 2.24) is 14.7 Å². The number of rotatable bonds is 8. The van der Waals surface area contributed by atoms with Gasteiger partial charge < -0.3 is 14.7 Å². The molecule has 0 radical (unpaired) electrons. The summed E-state index contributed by atoms with van der Waals surface area (Å²) in [5, 5.41) is 0. The van der Waals surface area contributed by atoms with Crippen molar-refractivity contribution in [3.63, 3.8) is 0 Å². The van der Waals surface area contributed by atoms with Crippen molar-refractivity contribution in [3.8, 4) is 0 Å². The number of amides is 2. The summed E-state index contributed by atoms with van der Waals surface area (Å²) in [5.41, 5.74) is 1.20. The zero-order valence-electron chi connectivity index (χ0n) is 16.5. The molecule has 1 aromatic rings. The lowest BCUT2D eigenvalue weighted by molar-refractivity contribution is -0.139. The fourth-order valence-electron chi connectivity index (χ4n) is 3.45. The smallest absolute Gasteiger partial charge is 0.223 e. The lowest BCUT2D eigenvalue weighted by Crippen LogP contribution is -2.51. The largest absolute Gasteiger partial charge is 0.339 e. The molecule has 0 bridgehead atoms. The molecule has 0 aromatic heterocycles. The van der Waals surface area contributed by atoms with E-state index in [2.05, 4.69) is 37.8 Å². The molecule has 1 heterocycles. The number of benzene rings is 1. The van der Waals surface area contributed by atoms with Crippen molar-refractivity contribution in [1.29, 1.82) is 0 Å². The Morgan fingerprint density at radius 3 is 2.04 bits per heavy atom. The van der Waals surface area contributed by atoms with Crippen molar-refractivity contribution < 1.29 is 9.59 Å². The normalized spacial score (nSPS) is 16.0. The molecule has 0 N–H and O–H groups in total. The molecule has 144 valence electrons. The second kappa shape index (κ2) is 10.3. The van der Waals surface area contributed by atoms with Crippen LogP contribution >= 0.6 is 0 Å². The van der Waals surface area contributed by atoms with Crippen LogP contribution in [0.5, 0.6) is 0 Å². The van der Waals surface area contributed by atoms with Crippen LogP contribution in [0.1, 0.15) is 45.1 Å². The van der Waals surface area contributed by atoms with E-state index in [9.17, 15) is 9.59 Å². The summed E-state index contributed by atoms with van der Waals surface area (Å²) >= 11 is 0. The fourth-order valence-corrected chi connectivity index (χ4v) is 3.45. The average molecular weight is 360 g/mol. The van der Waals surface area contributed by atoms with Gasteiger partial charge in [0.2, 0.25) is 11.8 Å². The van der Waals surface area contributed by atoms with Crippen molar-refractivity contribution in [2.75, 3.05) is 45.8 Å². The van der Waals surface area contributed by atoms with Gasteiger partial charge in [0.25, 0.3) is 0 Å². The second-order valence-corrected chi connectivity index (χ2v) is 7.05. The first kappa shape index (κ1) is 20.4. The molecule has 1 aliphatic rings. The number of piperazine rings is 1. The van der Waals surface area contributed by atoms with Crippen LogP contribution in [0.4, 0.5) is 0 Å². The summed E-state index contributed by atoms with van der Waals surface area (Å²) < 4.78 is 0. The summed E-state index contributed by atoms with van der Waals surface area (Å²) in [6.07, 6.45) is 1.10. The van der Waals surface area contributed by atoms with Crippen LogP contribution in [0.25, 0.3) is 0 Å². The Morgan fingerprint density at radius 1 is 0.962 bits per heavy atom. The summed E-state index contributed by atoms with van der Waals surface area (Å²) in [7, 11) is 0. The molecule has 1 unspecified atom stereocenters. The maximum absolute atomic E-state index is 12.6. The monoisotopic (exact) mass is 359 g/mol. The van der Waals surface area contributed by atoms with Gasteiger partial charge in [-0.25, -0.2) is 0 Å². The van der Waals surface area contributed by atoms with Crippen LogP contribution in [0.2, 0.25) is 0 Å². The second-order valence-electron chi connectivity index (χ2n) is 7.05. The van der Waals surface area contributed by atoms with Gasteiger partial charge in [0.15, 0.2) is 0 Å². The number of carbonyl (C=O) groups is 2. The Hall–Kier alpha value is -1.88. The molecule has 1 saturated heterocycles. The first-order valence-electron chi connectivity index (χ1n) is 9.88.